The van der Waals surface area contributed by atoms with Crippen LogP contribution in [0.2, 0.25) is 0 Å². The molecule has 0 spiro atoms. The number of nitro groups is 1. The van der Waals surface area contributed by atoms with E-state index in [0.717, 1.165) is 38.7 Å². The second-order valence-electron chi connectivity index (χ2n) is 4.67. The van der Waals surface area contributed by atoms with Crippen molar-refractivity contribution in [3.8, 4) is 0 Å². The molecule has 104 valence electrons. The van der Waals surface area contributed by atoms with Crippen LogP contribution in [0, 0.1) is 15.9 Å². The molecule has 1 aliphatic rings. The standard InChI is InChI=1S/C13H18FN3O2/c1-2-12(16-7-5-15-6-8-16)11-4-3-10(14)9-13(11)17(18)19/h3-4,9,12,15H,2,5-8H2,1H3/t12-/m0/s1. The van der Waals surface area contributed by atoms with Crippen LogP contribution in [0.5, 0.6) is 0 Å². The minimum absolute atomic E-state index is 0.0249. The van der Waals surface area contributed by atoms with E-state index in [-0.39, 0.29) is 11.7 Å². The van der Waals surface area contributed by atoms with Gasteiger partial charge in [-0.1, -0.05) is 6.92 Å². The molecule has 0 amide bonds. The van der Waals surface area contributed by atoms with Gasteiger partial charge in [-0.25, -0.2) is 4.39 Å². The maximum atomic E-state index is 13.2. The minimum Gasteiger partial charge on any atom is -0.314 e. The lowest BCUT2D eigenvalue weighted by Crippen LogP contribution is -2.45. The molecule has 1 aliphatic heterocycles. The molecule has 1 heterocycles. The second-order valence-corrected chi connectivity index (χ2v) is 4.67. The minimum atomic E-state index is -0.564. The van der Waals surface area contributed by atoms with Crippen LogP contribution in [0.25, 0.3) is 0 Å². The van der Waals surface area contributed by atoms with Crippen molar-refractivity contribution in [1.82, 2.24) is 10.2 Å². The van der Waals surface area contributed by atoms with E-state index in [1.54, 1.807) is 6.07 Å². The first-order valence-electron chi connectivity index (χ1n) is 6.52. The van der Waals surface area contributed by atoms with Gasteiger partial charge in [0, 0.05) is 37.8 Å². The molecule has 0 bridgehead atoms. The van der Waals surface area contributed by atoms with E-state index in [2.05, 4.69) is 10.2 Å². The quantitative estimate of drug-likeness (QED) is 0.670. The lowest BCUT2D eigenvalue weighted by Gasteiger charge is -2.34. The summed E-state index contributed by atoms with van der Waals surface area (Å²) in [6.45, 7) is 5.47. The Bertz CT molecular complexity index is 461. The largest absolute Gasteiger partial charge is 0.314 e. The molecule has 1 saturated heterocycles. The van der Waals surface area contributed by atoms with Crippen LogP contribution >= 0.6 is 0 Å². The maximum Gasteiger partial charge on any atom is 0.277 e. The Labute approximate surface area is 111 Å². The van der Waals surface area contributed by atoms with Gasteiger partial charge in [-0.15, -0.1) is 0 Å². The summed E-state index contributed by atoms with van der Waals surface area (Å²) in [5.74, 6) is -0.564. The lowest BCUT2D eigenvalue weighted by atomic mass is 10.00. The van der Waals surface area contributed by atoms with Gasteiger partial charge >= 0.3 is 0 Å². The third kappa shape index (κ3) is 3.08. The van der Waals surface area contributed by atoms with Crippen LogP contribution in [-0.4, -0.2) is 36.0 Å². The zero-order valence-corrected chi connectivity index (χ0v) is 10.9. The fourth-order valence-corrected chi connectivity index (χ4v) is 2.63. The normalized spacial score (nSPS) is 18.2. The van der Waals surface area contributed by atoms with Gasteiger partial charge in [0.2, 0.25) is 0 Å². The van der Waals surface area contributed by atoms with Crippen molar-refractivity contribution in [3.05, 3.63) is 39.7 Å². The average molecular weight is 267 g/mol. The topological polar surface area (TPSA) is 58.4 Å². The van der Waals surface area contributed by atoms with E-state index in [1.807, 2.05) is 6.92 Å². The second kappa shape index (κ2) is 6.08. The first-order chi connectivity index (χ1) is 9.13. The zero-order chi connectivity index (χ0) is 13.8. The van der Waals surface area contributed by atoms with Gasteiger partial charge in [-0.3, -0.25) is 15.0 Å². The predicted molar refractivity (Wildman–Crippen MR) is 70.5 cm³/mol. The monoisotopic (exact) mass is 267 g/mol. The zero-order valence-electron chi connectivity index (χ0n) is 10.9. The number of benzene rings is 1. The fraction of sp³-hybridized carbons (Fsp3) is 0.538. The molecule has 0 saturated carbocycles. The number of hydrogen-bond donors (Lipinski definition) is 1. The van der Waals surface area contributed by atoms with Crippen molar-refractivity contribution in [2.45, 2.75) is 19.4 Å². The smallest absolute Gasteiger partial charge is 0.277 e. The highest BCUT2D eigenvalue weighted by Gasteiger charge is 2.27. The third-order valence-electron chi connectivity index (χ3n) is 3.53. The van der Waals surface area contributed by atoms with Crippen LogP contribution in [0.15, 0.2) is 18.2 Å². The summed E-state index contributed by atoms with van der Waals surface area (Å²) in [5, 5.41) is 14.3. The molecule has 1 N–H and O–H groups in total. The first-order valence-corrected chi connectivity index (χ1v) is 6.52. The highest BCUT2D eigenvalue weighted by Crippen LogP contribution is 2.32. The van der Waals surface area contributed by atoms with Crippen LogP contribution in [0.4, 0.5) is 10.1 Å². The maximum absolute atomic E-state index is 13.2. The lowest BCUT2D eigenvalue weighted by molar-refractivity contribution is -0.386. The summed E-state index contributed by atoms with van der Waals surface area (Å²) < 4.78 is 13.2. The van der Waals surface area contributed by atoms with Gasteiger partial charge in [-0.05, 0) is 18.6 Å². The van der Waals surface area contributed by atoms with Crippen molar-refractivity contribution in [2.75, 3.05) is 26.2 Å². The molecule has 0 radical (unpaired) electrons. The van der Waals surface area contributed by atoms with Gasteiger partial charge in [-0.2, -0.15) is 0 Å². The van der Waals surface area contributed by atoms with Gasteiger partial charge in [0.05, 0.1) is 11.0 Å². The molecule has 0 aliphatic carbocycles. The molecule has 2 rings (SSSR count). The number of piperazine rings is 1. The van der Waals surface area contributed by atoms with Gasteiger partial charge in [0.1, 0.15) is 5.82 Å². The van der Waals surface area contributed by atoms with Crippen LogP contribution < -0.4 is 5.32 Å². The van der Waals surface area contributed by atoms with E-state index in [0.29, 0.717) is 5.56 Å². The van der Waals surface area contributed by atoms with Crippen molar-refractivity contribution < 1.29 is 9.31 Å². The van der Waals surface area contributed by atoms with Crippen LogP contribution in [0.3, 0.4) is 0 Å². The molecule has 1 atom stereocenters. The summed E-state index contributed by atoms with van der Waals surface area (Å²) in [5.41, 5.74) is 0.487. The SMILES string of the molecule is CC[C@@H](c1ccc(F)cc1[N+](=O)[O-])N1CCNCC1. The molecule has 0 aromatic heterocycles. The molecule has 6 heteroatoms. The Balaban J connectivity index is 2.34. The summed E-state index contributed by atoms with van der Waals surface area (Å²) in [6, 6.07) is 3.83. The molecular formula is C13H18FN3O2. The highest BCUT2D eigenvalue weighted by molar-refractivity contribution is 5.42. The number of hydrogen-bond acceptors (Lipinski definition) is 4. The Hall–Kier alpha value is -1.53. The number of rotatable bonds is 4. The number of nitrogens with zero attached hydrogens (tertiary/aromatic N) is 2. The number of halogens is 1. The summed E-state index contributed by atoms with van der Waals surface area (Å²) in [7, 11) is 0. The Morgan fingerprint density at radius 3 is 2.74 bits per heavy atom. The Morgan fingerprint density at radius 1 is 1.47 bits per heavy atom. The predicted octanol–water partition coefficient (Wildman–Crippen LogP) is 2.09. The van der Waals surface area contributed by atoms with E-state index in [1.165, 1.54) is 6.07 Å². The molecule has 0 unspecified atom stereocenters. The summed E-state index contributed by atoms with van der Waals surface area (Å²) >= 11 is 0. The molecular weight excluding hydrogens is 249 g/mol. The van der Waals surface area contributed by atoms with Gasteiger partial charge < -0.3 is 5.32 Å². The van der Waals surface area contributed by atoms with Crippen molar-refractivity contribution in [2.24, 2.45) is 0 Å². The Morgan fingerprint density at radius 2 is 2.16 bits per heavy atom. The third-order valence-corrected chi connectivity index (χ3v) is 3.53. The van der Waals surface area contributed by atoms with E-state index >= 15 is 0 Å². The Kier molecular flexibility index (Phi) is 4.44. The van der Waals surface area contributed by atoms with E-state index in [4.69, 9.17) is 0 Å². The molecule has 1 aromatic rings. The van der Waals surface area contributed by atoms with Crippen LogP contribution in [-0.2, 0) is 0 Å². The van der Waals surface area contributed by atoms with Crippen molar-refractivity contribution in [1.29, 1.82) is 0 Å². The average Bonchev–Trinajstić information content (AvgIpc) is 2.42. The van der Waals surface area contributed by atoms with Gasteiger partial charge in [0.25, 0.3) is 5.69 Å². The summed E-state index contributed by atoms with van der Waals surface area (Å²) in [4.78, 5) is 12.8. The molecule has 5 nitrogen and oxygen atoms in total. The first kappa shape index (κ1) is 13.9. The van der Waals surface area contributed by atoms with E-state index < -0.39 is 10.7 Å². The van der Waals surface area contributed by atoms with Gasteiger partial charge in [0.15, 0.2) is 0 Å². The number of nitro benzene ring substituents is 1. The summed E-state index contributed by atoms with van der Waals surface area (Å²) in [6.07, 6.45) is 0.770. The molecule has 19 heavy (non-hydrogen) atoms. The van der Waals surface area contributed by atoms with Crippen molar-refractivity contribution >= 4 is 5.69 Å². The number of nitrogens with one attached hydrogen (secondary N) is 1. The van der Waals surface area contributed by atoms with Crippen LogP contribution in [0.1, 0.15) is 24.9 Å². The molecule has 1 fully saturated rings. The van der Waals surface area contributed by atoms with E-state index in [9.17, 15) is 14.5 Å². The fourth-order valence-electron chi connectivity index (χ4n) is 2.63. The molecule has 1 aromatic carbocycles. The highest BCUT2D eigenvalue weighted by atomic mass is 19.1. The van der Waals surface area contributed by atoms with Crippen molar-refractivity contribution in [3.63, 3.8) is 0 Å².